The minimum absolute atomic E-state index is 0.206. The molecule has 78 valence electrons. The minimum Gasteiger partial charge on any atom is -0.478 e. The topological polar surface area (TPSA) is 69.6 Å². The number of amides is 2. The molecule has 1 heterocycles. The Bertz CT molecular complexity index is 296. The molecule has 0 radical (unpaired) electrons. The van der Waals surface area contributed by atoms with Crippen molar-refractivity contribution in [2.24, 2.45) is 0 Å². The van der Waals surface area contributed by atoms with Gasteiger partial charge < -0.3 is 10.4 Å². The number of aliphatic carboxylic acids is 1. The van der Waals surface area contributed by atoms with Gasteiger partial charge in [-0.25, -0.2) is 9.59 Å². The SMILES string of the molecule is CCC(=C(C)C(=O)O)N1CCNC1=O. The van der Waals surface area contributed by atoms with E-state index in [1.165, 1.54) is 11.8 Å². The summed E-state index contributed by atoms with van der Waals surface area (Å²) >= 11 is 0. The van der Waals surface area contributed by atoms with Crippen LogP contribution in [0.2, 0.25) is 0 Å². The first-order chi connectivity index (χ1) is 6.57. The molecular weight excluding hydrogens is 184 g/mol. The Balaban J connectivity index is 2.96. The predicted molar refractivity (Wildman–Crippen MR) is 50.7 cm³/mol. The first kappa shape index (κ1) is 10.6. The maximum atomic E-state index is 11.3. The number of carbonyl (C=O) groups is 2. The van der Waals surface area contributed by atoms with Crippen molar-refractivity contribution in [1.82, 2.24) is 10.2 Å². The summed E-state index contributed by atoms with van der Waals surface area (Å²) in [6.45, 7) is 4.49. The molecule has 2 amide bonds. The van der Waals surface area contributed by atoms with Gasteiger partial charge in [0.25, 0.3) is 0 Å². The van der Waals surface area contributed by atoms with Gasteiger partial charge in [-0.3, -0.25) is 4.90 Å². The van der Waals surface area contributed by atoms with Crippen LogP contribution < -0.4 is 5.32 Å². The van der Waals surface area contributed by atoms with Crippen molar-refractivity contribution in [2.45, 2.75) is 20.3 Å². The Kier molecular flexibility index (Phi) is 3.11. The number of nitrogens with zero attached hydrogens (tertiary/aromatic N) is 1. The molecule has 14 heavy (non-hydrogen) atoms. The van der Waals surface area contributed by atoms with E-state index >= 15 is 0 Å². The standard InChI is InChI=1S/C9H14N2O3/c1-3-7(6(2)8(12)13)11-5-4-10-9(11)14/h3-5H2,1-2H3,(H,10,14)(H,12,13). The van der Waals surface area contributed by atoms with Gasteiger partial charge in [0, 0.05) is 18.8 Å². The molecule has 2 N–H and O–H groups in total. The van der Waals surface area contributed by atoms with E-state index in [1.807, 2.05) is 6.92 Å². The Labute approximate surface area is 82.4 Å². The summed E-state index contributed by atoms with van der Waals surface area (Å²) in [5.74, 6) is -0.971. The van der Waals surface area contributed by atoms with Crippen LogP contribution in [0.4, 0.5) is 4.79 Å². The van der Waals surface area contributed by atoms with Crippen LogP contribution in [-0.4, -0.2) is 35.1 Å². The fraction of sp³-hybridized carbons (Fsp3) is 0.556. The van der Waals surface area contributed by atoms with E-state index in [0.29, 0.717) is 25.2 Å². The molecular formula is C9H14N2O3. The number of carbonyl (C=O) groups excluding carboxylic acids is 1. The van der Waals surface area contributed by atoms with Gasteiger partial charge >= 0.3 is 12.0 Å². The van der Waals surface area contributed by atoms with Crippen LogP contribution >= 0.6 is 0 Å². The molecule has 0 saturated carbocycles. The van der Waals surface area contributed by atoms with Crippen molar-refractivity contribution in [3.05, 3.63) is 11.3 Å². The molecule has 0 atom stereocenters. The third-order valence-electron chi connectivity index (χ3n) is 2.27. The third kappa shape index (κ3) is 1.86. The first-order valence-electron chi connectivity index (χ1n) is 4.56. The van der Waals surface area contributed by atoms with Gasteiger partial charge in [-0.05, 0) is 13.3 Å². The zero-order valence-corrected chi connectivity index (χ0v) is 8.33. The monoisotopic (exact) mass is 198 g/mol. The molecule has 1 aliphatic heterocycles. The summed E-state index contributed by atoms with van der Waals surface area (Å²) in [5.41, 5.74) is 0.831. The van der Waals surface area contributed by atoms with Crippen LogP contribution in [0, 0.1) is 0 Å². The summed E-state index contributed by atoms with van der Waals surface area (Å²) in [4.78, 5) is 23.5. The fourth-order valence-corrected chi connectivity index (χ4v) is 1.51. The van der Waals surface area contributed by atoms with Gasteiger partial charge in [0.1, 0.15) is 0 Å². The summed E-state index contributed by atoms with van der Waals surface area (Å²) in [7, 11) is 0. The molecule has 0 aromatic rings. The number of hydrogen-bond acceptors (Lipinski definition) is 2. The van der Waals surface area contributed by atoms with Crippen LogP contribution in [0.1, 0.15) is 20.3 Å². The molecule has 1 rings (SSSR count). The van der Waals surface area contributed by atoms with Crippen molar-refractivity contribution in [2.75, 3.05) is 13.1 Å². The molecule has 0 aromatic heterocycles. The van der Waals surface area contributed by atoms with Gasteiger partial charge in [-0.15, -0.1) is 0 Å². The van der Waals surface area contributed by atoms with E-state index < -0.39 is 5.97 Å². The van der Waals surface area contributed by atoms with Crippen molar-refractivity contribution >= 4 is 12.0 Å². The molecule has 1 fully saturated rings. The Morgan fingerprint density at radius 2 is 2.29 bits per heavy atom. The number of urea groups is 1. The number of allylic oxidation sites excluding steroid dienone is 1. The van der Waals surface area contributed by atoms with E-state index in [9.17, 15) is 9.59 Å². The average molecular weight is 198 g/mol. The molecule has 0 unspecified atom stereocenters. The van der Waals surface area contributed by atoms with Crippen LogP contribution in [0.3, 0.4) is 0 Å². The zero-order chi connectivity index (χ0) is 10.7. The number of hydrogen-bond donors (Lipinski definition) is 2. The maximum absolute atomic E-state index is 11.3. The summed E-state index contributed by atoms with van der Waals surface area (Å²) < 4.78 is 0. The first-order valence-corrected chi connectivity index (χ1v) is 4.56. The highest BCUT2D eigenvalue weighted by molar-refractivity contribution is 5.88. The van der Waals surface area contributed by atoms with Crippen LogP contribution in [-0.2, 0) is 4.79 Å². The summed E-state index contributed by atoms with van der Waals surface area (Å²) in [6.07, 6.45) is 0.547. The lowest BCUT2D eigenvalue weighted by Crippen LogP contribution is -2.29. The molecule has 1 aliphatic rings. The van der Waals surface area contributed by atoms with E-state index in [4.69, 9.17) is 5.11 Å². The molecule has 0 aliphatic carbocycles. The molecule has 0 spiro atoms. The second-order valence-corrected chi connectivity index (χ2v) is 3.11. The largest absolute Gasteiger partial charge is 0.478 e. The molecule has 5 nitrogen and oxygen atoms in total. The van der Waals surface area contributed by atoms with E-state index in [-0.39, 0.29) is 11.6 Å². The second kappa shape index (κ2) is 4.13. The Hall–Kier alpha value is -1.52. The van der Waals surface area contributed by atoms with Gasteiger partial charge in [0.15, 0.2) is 0 Å². The highest BCUT2D eigenvalue weighted by Gasteiger charge is 2.24. The third-order valence-corrected chi connectivity index (χ3v) is 2.27. The minimum atomic E-state index is -0.971. The normalized spacial score (nSPS) is 17.9. The number of carboxylic acid groups (broad SMARTS) is 1. The second-order valence-electron chi connectivity index (χ2n) is 3.11. The number of nitrogens with one attached hydrogen (secondary N) is 1. The van der Waals surface area contributed by atoms with E-state index in [0.717, 1.165) is 0 Å². The lowest BCUT2D eigenvalue weighted by Gasteiger charge is -2.18. The average Bonchev–Trinajstić information content (AvgIpc) is 2.53. The molecule has 0 aromatic carbocycles. The van der Waals surface area contributed by atoms with Crippen LogP contribution in [0.5, 0.6) is 0 Å². The number of rotatable bonds is 3. The van der Waals surface area contributed by atoms with Crippen molar-refractivity contribution < 1.29 is 14.7 Å². The maximum Gasteiger partial charge on any atom is 0.333 e. The molecule has 5 heteroatoms. The quantitative estimate of drug-likeness (QED) is 0.658. The predicted octanol–water partition coefficient (Wildman–Crippen LogP) is 0.780. The fourth-order valence-electron chi connectivity index (χ4n) is 1.51. The van der Waals surface area contributed by atoms with Crippen LogP contribution in [0.15, 0.2) is 11.3 Å². The van der Waals surface area contributed by atoms with Gasteiger partial charge in [-0.1, -0.05) is 6.92 Å². The lowest BCUT2D eigenvalue weighted by molar-refractivity contribution is -0.132. The Morgan fingerprint density at radius 1 is 1.64 bits per heavy atom. The van der Waals surface area contributed by atoms with E-state index in [1.54, 1.807) is 0 Å². The smallest absolute Gasteiger partial charge is 0.333 e. The number of carboxylic acids is 1. The summed E-state index contributed by atoms with van der Waals surface area (Å²) in [5, 5.41) is 11.5. The molecule has 0 bridgehead atoms. The zero-order valence-electron chi connectivity index (χ0n) is 8.33. The highest BCUT2D eigenvalue weighted by Crippen LogP contribution is 2.16. The van der Waals surface area contributed by atoms with Gasteiger partial charge in [0.2, 0.25) is 0 Å². The highest BCUT2D eigenvalue weighted by atomic mass is 16.4. The van der Waals surface area contributed by atoms with E-state index in [2.05, 4.69) is 5.32 Å². The van der Waals surface area contributed by atoms with Crippen LogP contribution in [0.25, 0.3) is 0 Å². The lowest BCUT2D eigenvalue weighted by atomic mass is 10.2. The molecule has 1 saturated heterocycles. The van der Waals surface area contributed by atoms with Gasteiger partial charge in [-0.2, -0.15) is 0 Å². The van der Waals surface area contributed by atoms with Crippen molar-refractivity contribution in [3.8, 4) is 0 Å². The van der Waals surface area contributed by atoms with Crippen molar-refractivity contribution in [1.29, 1.82) is 0 Å². The van der Waals surface area contributed by atoms with Gasteiger partial charge in [0.05, 0.1) is 5.57 Å². The Morgan fingerprint density at radius 3 is 2.64 bits per heavy atom. The summed E-state index contributed by atoms with van der Waals surface area (Å²) in [6, 6.07) is -0.206. The van der Waals surface area contributed by atoms with Crippen molar-refractivity contribution in [3.63, 3.8) is 0 Å².